The molecule has 1 amide bonds. The Morgan fingerprint density at radius 3 is 2.18 bits per heavy atom. The monoisotopic (exact) mass is 384 g/mol. The van der Waals surface area contributed by atoms with E-state index in [0.717, 1.165) is 37.4 Å². The minimum absolute atomic E-state index is 0.157. The van der Waals surface area contributed by atoms with Gasteiger partial charge in [-0.15, -0.1) is 0 Å². The third-order valence-corrected chi connectivity index (χ3v) is 7.02. The smallest absolute Gasteiger partial charge is 0.227 e. The molecule has 0 radical (unpaired) electrons. The largest absolute Gasteiger partial charge is 0.477 e. The summed E-state index contributed by atoms with van der Waals surface area (Å²) < 4.78 is 5.76. The number of hydrogen-bond donors (Lipinski definition) is 1. The highest BCUT2D eigenvalue weighted by Crippen LogP contribution is 2.42. The van der Waals surface area contributed by atoms with Gasteiger partial charge in [0.1, 0.15) is 0 Å². The van der Waals surface area contributed by atoms with Gasteiger partial charge in [0.2, 0.25) is 11.8 Å². The third-order valence-electron chi connectivity index (χ3n) is 7.02. The molecule has 2 saturated carbocycles. The zero-order valence-corrected chi connectivity index (χ0v) is 17.3. The number of anilines is 1. The summed E-state index contributed by atoms with van der Waals surface area (Å²) in [5.74, 6) is 1.72. The molecular weight excluding hydrogens is 348 g/mol. The lowest BCUT2D eigenvalue weighted by atomic mass is 9.87. The first-order chi connectivity index (χ1) is 13.8. The molecule has 1 N–H and O–H groups in total. The number of nitrogens with zero attached hydrogens (tertiary/aromatic N) is 1. The Hall–Kier alpha value is -1.58. The number of aromatic nitrogens is 1. The van der Waals surface area contributed by atoms with Gasteiger partial charge in [-0.2, -0.15) is 0 Å². The van der Waals surface area contributed by atoms with Gasteiger partial charge in [0.15, 0.2) is 0 Å². The zero-order chi connectivity index (χ0) is 19.2. The Morgan fingerprint density at radius 1 is 0.893 bits per heavy atom. The molecule has 4 rings (SSSR count). The number of carbonyl (C=O) groups is 1. The van der Waals surface area contributed by atoms with Crippen LogP contribution in [0.1, 0.15) is 107 Å². The number of carbonyl (C=O) groups excluding carboxylic acids is 1. The molecule has 0 unspecified atom stereocenters. The fraction of sp³-hybridized carbons (Fsp3) is 0.750. The van der Waals surface area contributed by atoms with Crippen LogP contribution in [-0.4, -0.2) is 17.5 Å². The van der Waals surface area contributed by atoms with E-state index in [1.54, 1.807) is 0 Å². The maximum absolute atomic E-state index is 13.2. The van der Waals surface area contributed by atoms with E-state index in [1.165, 1.54) is 88.2 Å². The van der Waals surface area contributed by atoms with Crippen molar-refractivity contribution in [2.24, 2.45) is 5.92 Å². The van der Waals surface area contributed by atoms with Crippen molar-refractivity contribution in [2.75, 3.05) is 11.9 Å². The minimum Gasteiger partial charge on any atom is -0.477 e. The maximum Gasteiger partial charge on any atom is 0.227 e. The van der Waals surface area contributed by atoms with Crippen molar-refractivity contribution in [3.8, 4) is 5.88 Å². The SMILES string of the molecule is O=C(Nc1cnc2c(c1C1CCCCCC1)CCO2)C1CCCCCCCC1. The van der Waals surface area contributed by atoms with E-state index in [4.69, 9.17) is 4.74 Å². The summed E-state index contributed by atoms with van der Waals surface area (Å²) in [6.07, 6.45) is 20.1. The number of fused-ring (bicyclic) bond motifs is 1. The van der Waals surface area contributed by atoms with E-state index < -0.39 is 0 Å². The fourth-order valence-corrected chi connectivity index (χ4v) is 5.43. The Bertz CT molecular complexity index is 655. The Balaban J connectivity index is 1.55. The average molecular weight is 385 g/mol. The lowest BCUT2D eigenvalue weighted by Gasteiger charge is -2.23. The van der Waals surface area contributed by atoms with Gasteiger partial charge < -0.3 is 10.1 Å². The molecule has 1 aromatic rings. The Morgan fingerprint density at radius 2 is 1.50 bits per heavy atom. The molecule has 0 bridgehead atoms. The first-order valence-electron chi connectivity index (χ1n) is 11.8. The average Bonchev–Trinajstić information content (AvgIpc) is 3.09. The van der Waals surface area contributed by atoms with Crippen LogP contribution in [-0.2, 0) is 11.2 Å². The lowest BCUT2D eigenvalue weighted by molar-refractivity contribution is -0.120. The molecule has 0 aromatic carbocycles. The highest BCUT2D eigenvalue weighted by Gasteiger charge is 2.28. The molecule has 2 fully saturated rings. The van der Waals surface area contributed by atoms with Crippen molar-refractivity contribution in [3.63, 3.8) is 0 Å². The molecule has 3 aliphatic rings. The second-order valence-electron chi connectivity index (χ2n) is 9.04. The first-order valence-corrected chi connectivity index (χ1v) is 11.8. The van der Waals surface area contributed by atoms with Crippen LogP contribution in [0.25, 0.3) is 0 Å². The highest BCUT2D eigenvalue weighted by atomic mass is 16.5. The van der Waals surface area contributed by atoms with Gasteiger partial charge in [0, 0.05) is 17.9 Å². The number of pyridine rings is 1. The second kappa shape index (κ2) is 9.76. The van der Waals surface area contributed by atoms with Crippen molar-refractivity contribution in [3.05, 3.63) is 17.3 Å². The van der Waals surface area contributed by atoms with Crippen LogP contribution in [0.5, 0.6) is 5.88 Å². The van der Waals surface area contributed by atoms with Crippen molar-refractivity contribution in [1.29, 1.82) is 0 Å². The fourth-order valence-electron chi connectivity index (χ4n) is 5.43. The van der Waals surface area contributed by atoms with Gasteiger partial charge in [-0.25, -0.2) is 4.98 Å². The van der Waals surface area contributed by atoms with Crippen LogP contribution in [0.3, 0.4) is 0 Å². The molecule has 1 aromatic heterocycles. The Kier molecular flexibility index (Phi) is 6.87. The van der Waals surface area contributed by atoms with Crippen LogP contribution in [0.2, 0.25) is 0 Å². The molecular formula is C24H36N2O2. The van der Waals surface area contributed by atoms with E-state index in [1.807, 2.05) is 6.20 Å². The number of hydrogen-bond acceptors (Lipinski definition) is 3. The van der Waals surface area contributed by atoms with Gasteiger partial charge in [0.25, 0.3) is 0 Å². The van der Waals surface area contributed by atoms with Gasteiger partial charge in [-0.3, -0.25) is 4.79 Å². The van der Waals surface area contributed by atoms with Crippen LogP contribution in [0, 0.1) is 5.92 Å². The number of nitrogens with one attached hydrogen (secondary N) is 1. The minimum atomic E-state index is 0.157. The summed E-state index contributed by atoms with van der Waals surface area (Å²) in [7, 11) is 0. The van der Waals surface area contributed by atoms with Crippen molar-refractivity contribution < 1.29 is 9.53 Å². The molecule has 4 heteroatoms. The predicted molar refractivity (Wildman–Crippen MR) is 113 cm³/mol. The third kappa shape index (κ3) is 4.69. The molecule has 0 spiro atoms. The molecule has 0 atom stereocenters. The standard InChI is InChI=1S/C24H36N2O2/c27-23(19-13-9-3-1-2-4-10-14-19)26-21-17-25-24-20(15-16-28-24)22(21)18-11-7-5-6-8-12-18/h17-19H,1-16H2,(H,26,27). The van der Waals surface area contributed by atoms with Gasteiger partial charge in [0.05, 0.1) is 18.5 Å². The molecule has 4 nitrogen and oxygen atoms in total. The summed E-state index contributed by atoms with van der Waals surface area (Å²) in [6, 6.07) is 0. The highest BCUT2D eigenvalue weighted by molar-refractivity contribution is 5.93. The van der Waals surface area contributed by atoms with Crippen LogP contribution >= 0.6 is 0 Å². The zero-order valence-electron chi connectivity index (χ0n) is 17.3. The molecule has 2 aliphatic carbocycles. The summed E-state index contributed by atoms with van der Waals surface area (Å²) in [4.78, 5) is 17.7. The van der Waals surface area contributed by atoms with Crippen LogP contribution in [0.4, 0.5) is 5.69 Å². The number of rotatable bonds is 3. The van der Waals surface area contributed by atoms with Gasteiger partial charge in [-0.05, 0) is 37.2 Å². The van der Waals surface area contributed by atoms with Crippen molar-refractivity contribution in [2.45, 2.75) is 102 Å². The molecule has 154 valence electrons. The summed E-state index contributed by atoms with van der Waals surface area (Å²) in [6.45, 7) is 0.724. The summed E-state index contributed by atoms with van der Waals surface area (Å²) in [5, 5.41) is 3.34. The summed E-state index contributed by atoms with van der Waals surface area (Å²) in [5.41, 5.74) is 3.58. The van der Waals surface area contributed by atoms with Gasteiger partial charge >= 0.3 is 0 Å². The lowest BCUT2D eigenvalue weighted by Crippen LogP contribution is -2.24. The van der Waals surface area contributed by atoms with Crippen molar-refractivity contribution >= 4 is 11.6 Å². The summed E-state index contributed by atoms with van der Waals surface area (Å²) >= 11 is 0. The van der Waals surface area contributed by atoms with E-state index >= 15 is 0 Å². The Labute approximate surface area is 169 Å². The van der Waals surface area contributed by atoms with Crippen molar-refractivity contribution in [1.82, 2.24) is 4.98 Å². The van der Waals surface area contributed by atoms with Crippen LogP contribution < -0.4 is 10.1 Å². The number of ether oxygens (including phenoxy) is 1. The van der Waals surface area contributed by atoms with E-state index in [-0.39, 0.29) is 11.8 Å². The molecule has 2 heterocycles. The normalized spacial score (nSPS) is 22.3. The molecule has 0 saturated heterocycles. The molecule has 28 heavy (non-hydrogen) atoms. The van der Waals surface area contributed by atoms with E-state index in [0.29, 0.717) is 5.92 Å². The molecule has 1 aliphatic heterocycles. The van der Waals surface area contributed by atoms with Gasteiger partial charge in [-0.1, -0.05) is 64.2 Å². The first kappa shape index (κ1) is 19.7. The quantitative estimate of drug-likeness (QED) is 0.637. The second-order valence-corrected chi connectivity index (χ2v) is 9.04. The number of amides is 1. The van der Waals surface area contributed by atoms with Crippen LogP contribution in [0.15, 0.2) is 6.20 Å². The van der Waals surface area contributed by atoms with E-state index in [9.17, 15) is 4.79 Å². The topological polar surface area (TPSA) is 51.2 Å². The predicted octanol–water partition coefficient (Wildman–Crippen LogP) is 6.14. The van der Waals surface area contributed by atoms with E-state index in [2.05, 4.69) is 10.3 Å². The maximum atomic E-state index is 13.2.